The molecule has 1 atom stereocenters. The zero-order valence-corrected chi connectivity index (χ0v) is 10.8. The van der Waals surface area contributed by atoms with Crippen molar-refractivity contribution in [1.29, 1.82) is 0 Å². The van der Waals surface area contributed by atoms with Gasteiger partial charge in [0.1, 0.15) is 11.5 Å². The zero-order valence-electron chi connectivity index (χ0n) is 10.8. The van der Waals surface area contributed by atoms with Gasteiger partial charge in [0.05, 0.1) is 20.3 Å². The summed E-state index contributed by atoms with van der Waals surface area (Å²) in [5.41, 5.74) is 1.84. The van der Waals surface area contributed by atoms with E-state index in [1.54, 1.807) is 14.2 Å². The van der Waals surface area contributed by atoms with Gasteiger partial charge in [0, 0.05) is 30.8 Å². The van der Waals surface area contributed by atoms with Crippen LogP contribution in [-0.4, -0.2) is 37.3 Å². The van der Waals surface area contributed by atoms with Crippen molar-refractivity contribution >= 4 is 0 Å². The van der Waals surface area contributed by atoms with E-state index in [2.05, 4.69) is 11.5 Å². The quantitative estimate of drug-likeness (QED) is 0.825. The predicted octanol–water partition coefficient (Wildman–Crippen LogP) is 1.74. The third-order valence-electron chi connectivity index (χ3n) is 3.25. The molecular weight excluding hydrogens is 230 g/mol. The summed E-state index contributed by atoms with van der Waals surface area (Å²) < 4.78 is 10.7. The largest absolute Gasteiger partial charge is 0.496 e. The number of hydrogen-bond acceptors (Lipinski definition) is 4. The summed E-state index contributed by atoms with van der Waals surface area (Å²) in [5, 5.41) is 10.3. The minimum Gasteiger partial charge on any atom is -0.496 e. The molecule has 98 valence electrons. The highest BCUT2D eigenvalue weighted by atomic mass is 16.5. The summed E-state index contributed by atoms with van der Waals surface area (Å²) in [6.07, 6.45) is 1.28. The Bertz CT molecular complexity index is 445. The number of benzene rings is 1. The maximum atomic E-state index is 10.3. The van der Waals surface area contributed by atoms with Crippen molar-refractivity contribution in [2.45, 2.75) is 12.6 Å². The standard InChI is InChI=1S/C14H19NO3/c1-4-7-15-8-10-12(17-2)5-6-13(18-3)14(10)11(16)9-15/h4-6,11,16H,1,7-9H2,2-3H3. The molecule has 1 heterocycles. The number of rotatable bonds is 4. The van der Waals surface area contributed by atoms with Crippen LogP contribution in [0.5, 0.6) is 11.5 Å². The highest BCUT2D eigenvalue weighted by Crippen LogP contribution is 2.39. The lowest BCUT2D eigenvalue weighted by Crippen LogP contribution is -2.34. The van der Waals surface area contributed by atoms with Crippen molar-refractivity contribution in [3.8, 4) is 11.5 Å². The van der Waals surface area contributed by atoms with Gasteiger partial charge in [0.15, 0.2) is 0 Å². The van der Waals surface area contributed by atoms with Crippen LogP contribution in [0.2, 0.25) is 0 Å². The lowest BCUT2D eigenvalue weighted by Gasteiger charge is -2.33. The molecule has 0 fully saturated rings. The number of β-amino-alcohol motifs (C(OH)–C–C–N with tert-alkyl or cyclic N) is 1. The first-order chi connectivity index (χ1) is 8.71. The summed E-state index contributed by atoms with van der Waals surface area (Å²) in [7, 11) is 3.26. The van der Waals surface area contributed by atoms with Crippen molar-refractivity contribution in [1.82, 2.24) is 4.90 Å². The molecule has 18 heavy (non-hydrogen) atoms. The van der Waals surface area contributed by atoms with E-state index < -0.39 is 6.10 Å². The van der Waals surface area contributed by atoms with E-state index in [9.17, 15) is 5.11 Å². The number of hydrogen-bond donors (Lipinski definition) is 1. The van der Waals surface area contributed by atoms with E-state index in [0.29, 0.717) is 6.54 Å². The molecule has 0 spiro atoms. The van der Waals surface area contributed by atoms with Crippen LogP contribution in [0.4, 0.5) is 0 Å². The third-order valence-corrected chi connectivity index (χ3v) is 3.25. The zero-order chi connectivity index (χ0) is 13.1. The van der Waals surface area contributed by atoms with Gasteiger partial charge in [0.25, 0.3) is 0 Å². The molecule has 4 heteroatoms. The Hall–Kier alpha value is -1.52. The summed E-state index contributed by atoms with van der Waals surface area (Å²) in [5.74, 6) is 1.51. The molecule has 1 unspecified atom stereocenters. The summed E-state index contributed by atoms with van der Waals surface area (Å²) in [6, 6.07) is 3.71. The van der Waals surface area contributed by atoms with Crippen LogP contribution in [0.15, 0.2) is 24.8 Å². The first-order valence-electron chi connectivity index (χ1n) is 5.96. The Balaban J connectivity index is 2.45. The van der Waals surface area contributed by atoms with Crippen LogP contribution in [0.25, 0.3) is 0 Å². The van der Waals surface area contributed by atoms with E-state index in [1.807, 2.05) is 18.2 Å². The minimum absolute atomic E-state index is 0.557. The number of fused-ring (bicyclic) bond motifs is 1. The summed E-state index contributed by atoms with van der Waals surface area (Å²) in [4.78, 5) is 2.13. The van der Waals surface area contributed by atoms with E-state index in [4.69, 9.17) is 9.47 Å². The molecule has 0 aromatic heterocycles. The maximum absolute atomic E-state index is 10.3. The summed E-state index contributed by atoms with van der Waals surface area (Å²) in [6.45, 7) is 5.80. The predicted molar refractivity (Wildman–Crippen MR) is 70.0 cm³/mol. The molecule has 0 saturated heterocycles. The van der Waals surface area contributed by atoms with Gasteiger partial charge in [-0.15, -0.1) is 6.58 Å². The average molecular weight is 249 g/mol. The molecular formula is C14H19NO3. The Kier molecular flexibility index (Phi) is 3.89. The summed E-state index contributed by atoms with van der Waals surface area (Å²) >= 11 is 0. The number of methoxy groups -OCH3 is 2. The molecule has 1 aromatic carbocycles. The molecule has 1 aliphatic rings. The fourth-order valence-corrected chi connectivity index (χ4v) is 2.47. The SMILES string of the molecule is C=CCN1Cc2c(OC)ccc(OC)c2C(O)C1. The molecule has 1 aromatic rings. The van der Waals surface area contributed by atoms with E-state index in [-0.39, 0.29) is 0 Å². The maximum Gasteiger partial charge on any atom is 0.125 e. The van der Waals surface area contributed by atoms with Crippen molar-refractivity contribution in [2.24, 2.45) is 0 Å². The van der Waals surface area contributed by atoms with Crippen LogP contribution in [0.1, 0.15) is 17.2 Å². The Morgan fingerprint density at radius 3 is 2.67 bits per heavy atom. The fraction of sp³-hybridized carbons (Fsp3) is 0.429. The van der Waals surface area contributed by atoms with Crippen LogP contribution < -0.4 is 9.47 Å². The third kappa shape index (κ3) is 2.21. The van der Waals surface area contributed by atoms with Gasteiger partial charge in [-0.2, -0.15) is 0 Å². The van der Waals surface area contributed by atoms with Crippen molar-refractivity contribution < 1.29 is 14.6 Å². The van der Waals surface area contributed by atoms with Gasteiger partial charge < -0.3 is 14.6 Å². The molecule has 0 radical (unpaired) electrons. The average Bonchev–Trinajstić information content (AvgIpc) is 2.37. The minimum atomic E-state index is -0.557. The van der Waals surface area contributed by atoms with Crippen molar-refractivity contribution in [3.63, 3.8) is 0 Å². The van der Waals surface area contributed by atoms with Gasteiger partial charge in [-0.05, 0) is 12.1 Å². The Morgan fingerprint density at radius 2 is 2.06 bits per heavy atom. The van der Waals surface area contributed by atoms with Crippen LogP contribution in [0, 0.1) is 0 Å². The van der Waals surface area contributed by atoms with Gasteiger partial charge in [-0.25, -0.2) is 0 Å². The molecule has 1 aliphatic heterocycles. The number of aliphatic hydroxyl groups is 1. The van der Waals surface area contributed by atoms with Gasteiger partial charge >= 0.3 is 0 Å². The normalized spacial score (nSPS) is 19.2. The van der Waals surface area contributed by atoms with E-state index >= 15 is 0 Å². The molecule has 2 rings (SSSR count). The molecule has 4 nitrogen and oxygen atoms in total. The van der Waals surface area contributed by atoms with E-state index in [1.165, 1.54) is 0 Å². The monoisotopic (exact) mass is 249 g/mol. The van der Waals surface area contributed by atoms with Crippen LogP contribution in [0.3, 0.4) is 0 Å². The molecule has 1 N–H and O–H groups in total. The van der Waals surface area contributed by atoms with Gasteiger partial charge in [-0.3, -0.25) is 4.90 Å². The smallest absolute Gasteiger partial charge is 0.125 e. The second-order valence-corrected chi connectivity index (χ2v) is 4.36. The molecule has 0 saturated carbocycles. The number of nitrogens with zero attached hydrogens (tertiary/aromatic N) is 1. The molecule has 0 amide bonds. The second-order valence-electron chi connectivity index (χ2n) is 4.36. The van der Waals surface area contributed by atoms with Crippen LogP contribution in [-0.2, 0) is 6.54 Å². The highest BCUT2D eigenvalue weighted by molar-refractivity contribution is 5.51. The lowest BCUT2D eigenvalue weighted by molar-refractivity contribution is 0.0953. The topological polar surface area (TPSA) is 41.9 Å². The van der Waals surface area contributed by atoms with Crippen LogP contribution >= 0.6 is 0 Å². The Labute approximate surface area is 107 Å². The van der Waals surface area contributed by atoms with Crippen molar-refractivity contribution in [2.75, 3.05) is 27.3 Å². The highest BCUT2D eigenvalue weighted by Gasteiger charge is 2.28. The lowest BCUT2D eigenvalue weighted by atomic mass is 9.95. The number of ether oxygens (including phenoxy) is 2. The molecule has 0 bridgehead atoms. The van der Waals surface area contributed by atoms with E-state index in [0.717, 1.165) is 35.7 Å². The first kappa shape index (κ1) is 12.9. The first-order valence-corrected chi connectivity index (χ1v) is 5.96. The second kappa shape index (κ2) is 5.42. The van der Waals surface area contributed by atoms with Gasteiger partial charge in [0.2, 0.25) is 0 Å². The van der Waals surface area contributed by atoms with Crippen molar-refractivity contribution in [3.05, 3.63) is 35.9 Å². The van der Waals surface area contributed by atoms with Gasteiger partial charge in [-0.1, -0.05) is 6.08 Å². The fourth-order valence-electron chi connectivity index (χ4n) is 2.47. The number of aliphatic hydroxyl groups excluding tert-OH is 1. The molecule has 0 aliphatic carbocycles. The Morgan fingerprint density at radius 1 is 1.39 bits per heavy atom.